The Morgan fingerprint density at radius 3 is 2.32 bits per heavy atom. The summed E-state index contributed by atoms with van der Waals surface area (Å²) in [6, 6.07) is 8.22. The van der Waals surface area contributed by atoms with Crippen LogP contribution in [0.4, 0.5) is 0 Å². The first-order valence-electron chi connectivity index (χ1n) is 6.54. The normalized spacial score (nSPS) is 31.1. The maximum absolute atomic E-state index is 11.3. The number of aliphatic carboxylic acids is 1. The summed E-state index contributed by atoms with van der Waals surface area (Å²) in [6.45, 7) is 4.05. The van der Waals surface area contributed by atoms with Gasteiger partial charge in [0.1, 0.15) is 0 Å². The van der Waals surface area contributed by atoms with Crippen LogP contribution in [0, 0.1) is 3.57 Å². The third-order valence-electron chi connectivity index (χ3n) is 3.77. The molecule has 1 aliphatic rings. The molecular weight excluding hydrogens is 355 g/mol. The molecule has 1 heterocycles. The lowest BCUT2D eigenvalue weighted by atomic mass is 9.68. The number of rotatable bonds is 3. The Hall–Kier alpha value is -0.620. The Balaban J connectivity index is 2.38. The van der Waals surface area contributed by atoms with Gasteiger partial charge in [-0.2, -0.15) is 0 Å². The summed E-state index contributed by atoms with van der Waals surface area (Å²) < 4.78 is 6.94. The van der Waals surface area contributed by atoms with Crippen LogP contribution in [0.2, 0.25) is 0 Å². The largest absolute Gasteiger partial charge is 0.481 e. The number of hydrogen-bond donors (Lipinski definition) is 1. The third kappa shape index (κ3) is 3.48. The number of hydrogen-bond acceptors (Lipinski definition) is 2. The first-order valence-corrected chi connectivity index (χ1v) is 7.62. The fraction of sp³-hybridized carbons (Fsp3) is 0.533. The summed E-state index contributed by atoms with van der Waals surface area (Å²) in [5, 5.41) is 9.28. The number of ether oxygens (including phenoxy) is 1. The Morgan fingerprint density at radius 1 is 1.32 bits per heavy atom. The summed E-state index contributed by atoms with van der Waals surface area (Å²) in [6.07, 6.45) is 1.91. The van der Waals surface area contributed by atoms with Crippen molar-refractivity contribution in [1.29, 1.82) is 0 Å². The van der Waals surface area contributed by atoms with E-state index in [1.807, 2.05) is 26.0 Å². The van der Waals surface area contributed by atoms with Crippen LogP contribution in [0.5, 0.6) is 0 Å². The molecular formula is C15H19IO3. The van der Waals surface area contributed by atoms with Crippen molar-refractivity contribution in [2.45, 2.75) is 50.7 Å². The topological polar surface area (TPSA) is 46.5 Å². The highest BCUT2D eigenvalue weighted by Gasteiger charge is 2.41. The molecule has 1 N–H and O–H groups in total. The average molecular weight is 374 g/mol. The zero-order valence-corrected chi connectivity index (χ0v) is 13.4. The van der Waals surface area contributed by atoms with Crippen molar-refractivity contribution in [3.8, 4) is 0 Å². The van der Waals surface area contributed by atoms with Gasteiger partial charge >= 0.3 is 5.97 Å². The van der Waals surface area contributed by atoms with E-state index in [-0.39, 0.29) is 24.0 Å². The second-order valence-corrected chi connectivity index (χ2v) is 6.77. The monoisotopic (exact) mass is 374 g/mol. The third-order valence-corrected chi connectivity index (χ3v) is 4.49. The lowest BCUT2D eigenvalue weighted by Crippen LogP contribution is -2.42. The zero-order chi connectivity index (χ0) is 14.0. The van der Waals surface area contributed by atoms with E-state index in [0.717, 1.165) is 18.4 Å². The molecule has 0 radical (unpaired) electrons. The van der Waals surface area contributed by atoms with Crippen LogP contribution in [0.25, 0.3) is 0 Å². The number of benzene rings is 1. The molecule has 1 aromatic carbocycles. The molecule has 0 amide bonds. The lowest BCUT2D eigenvalue weighted by Gasteiger charge is -2.42. The van der Waals surface area contributed by atoms with Gasteiger partial charge in [0.05, 0.1) is 18.6 Å². The first kappa shape index (κ1) is 14.8. The smallest absolute Gasteiger partial charge is 0.304 e. The molecule has 0 bridgehead atoms. The minimum atomic E-state index is -0.736. The van der Waals surface area contributed by atoms with Crippen molar-refractivity contribution in [3.63, 3.8) is 0 Å². The van der Waals surface area contributed by atoms with Crippen LogP contribution >= 0.6 is 22.6 Å². The highest BCUT2D eigenvalue weighted by molar-refractivity contribution is 14.1. The Kier molecular flexibility index (Phi) is 4.50. The van der Waals surface area contributed by atoms with Gasteiger partial charge in [-0.25, -0.2) is 0 Å². The minimum absolute atomic E-state index is 0.0994. The minimum Gasteiger partial charge on any atom is -0.481 e. The molecule has 1 fully saturated rings. The van der Waals surface area contributed by atoms with Crippen molar-refractivity contribution < 1.29 is 14.6 Å². The van der Waals surface area contributed by atoms with Crippen LogP contribution in [-0.2, 0) is 14.9 Å². The van der Waals surface area contributed by atoms with Gasteiger partial charge in [0.15, 0.2) is 0 Å². The van der Waals surface area contributed by atoms with Gasteiger partial charge in [-0.1, -0.05) is 12.1 Å². The number of carbonyl (C=O) groups is 1. The Bertz CT molecular complexity index is 445. The van der Waals surface area contributed by atoms with Crippen molar-refractivity contribution >= 4 is 28.6 Å². The lowest BCUT2D eigenvalue weighted by molar-refractivity contribution is -0.141. The maximum Gasteiger partial charge on any atom is 0.304 e. The van der Waals surface area contributed by atoms with Crippen LogP contribution in [0.15, 0.2) is 24.3 Å². The summed E-state index contributed by atoms with van der Waals surface area (Å²) in [4.78, 5) is 11.3. The van der Waals surface area contributed by atoms with E-state index >= 15 is 0 Å². The van der Waals surface area contributed by atoms with Crippen molar-refractivity contribution in [1.82, 2.24) is 0 Å². The van der Waals surface area contributed by atoms with Gasteiger partial charge in [0.25, 0.3) is 0 Å². The molecule has 2 rings (SSSR count). The van der Waals surface area contributed by atoms with Crippen molar-refractivity contribution in [2.75, 3.05) is 0 Å². The molecule has 0 spiro atoms. The van der Waals surface area contributed by atoms with Gasteiger partial charge in [-0.05, 0) is 67.0 Å². The van der Waals surface area contributed by atoms with E-state index in [9.17, 15) is 9.90 Å². The highest BCUT2D eigenvalue weighted by Crippen LogP contribution is 2.42. The molecule has 0 saturated carbocycles. The molecule has 4 heteroatoms. The second kappa shape index (κ2) is 5.79. The quantitative estimate of drug-likeness (QED) is 0.823. The summed E-state index contributed by atoms with van der Waals surface area (Å²) in [7, 11) is 0. The van der Waals surface area contributed by atoms with Crippen LogP contribution in [-0.4, -0.2) is 23.3 Å². The van der Waals surface area contributed by atoms with Crippen LogP contribution in [0.1, 0.15) is 38.7 Å². The fourth-order valence-corrected chi connectivity index (χ4v) is 3.61. The molecule has 104 valence electrons. The van der Waals surface area contributed by atoms with Gasteiger partial charge in [-0.3, -0.25) is 4.79 Å². The Morgan fingerprint density at radius 2 is 1.84 bits per heavy atom. The number of halogens is 1. The summed E-state index contributed by atoms with van der Waals surface area (Å²) in [5.74, 6) is -0.736. The molecule has 19 heavy (non-hydrogen) atoms. The second-order valence-electron chi connectivity index (χ2n) is 5.52. The number of carboxylic acids is 1. The molecule has 1 aliphatic heterocycles. The van der Waals surface area contributed by atoms with Crippen molar-refractivity contribution in [3.05, 3.63) is 33.4 Å². The number of carboxylic acid groups (broad SMARTS) is 1. The van der Waals surface area contributed by atoms with Gasteiger partial charge in [-0.15, -0.1) is 0 Å². The van der Waals surface area contributed by atoms with E-state index in [2.05, 4.69) is 34.7 Å². The van der Waals surface area contributed by atoms with E-state index in [4.69, 9.17) is 4.74 Å². The molecule has 0 aliphatic carbocycles. The molecule has 3 atom stereocenters. The predicted molar refractivity (Wildman–Crippen MR) is 82.3 cm³/mol. The molecule has 0 unspecified atom stereocenters. The van der Waals surface area contributed by atoms with E-state index in [1.54, 1.807) is 0 Å². The SMILES string of the molecule is C[C@@H]1C[C@@](CC(=O)O)(c2ccc(I)cc2)C[C@H](C)O1. The van der Waals surface area contributed by atoms with Crippen LogP contribution < -0.4 is 0 Å². The molecule has 1 aromatic rings. The molecule has 1 saturated heterocycles. The summed E-state index contributed by atoms with van der Waals surface area (Å²) in [5.41, 5.74) is 0.824. The maximum atomic E-state index is 11.3. The first-order chi connectivity index (χ1) is 8.91. The van der Waals surface area contributed by atoms with Crippen LogP contribution in [0.3, 0.4) is 0 Å². The average Bonchev–Trinajstić information content (AvgIpc) is 2.26. The highest BCUT2D eigenvalue weighted by atomic mass is 127. The van der Waals surface area contributed by atoms with Gasteiger partial charge in [0.2, 0.25) is 0 Å². The van der Waals surface area contributed by atoms with Crippen molar-refractivity contribution in [2.24, 2.45) is 0 Å². The van der Waals surface area contributed by atoms with E-state index < -0.39 is 5.97 Å². The Labute approximate surface area is 127 Å². The fourth-order valence-electron chi connectivity index (χ4n) is 3.25. The van der Waals surface area contributed by atoms with E-state index in [1.165, 1.54) is 3.57 Å². The summed E-state index contributed by atoms with van der Waals surface area (Å²) >= 11 is 2.26. The molecule has 0 aromatic heterocycles. The predicted octanol–water partition coefficient (Wildman–Crippen LogP) is 3.59. The standard InChI is InChI=1S/C15H19IO3/c1-10-7-15(9-14(17)18,8-11(2)19-10)12-3-5-13(16)6-4-12/h3-6,10-11H,7-9H2,1-2H3,(H,17,18)/t10-,11+,15-. The molecule has 3 nitrogen and oxygen atoms in total. The van der Waals surface area contributed by atoms with Gasteiger partial charge in [0, 0.05) is 8.99 Å². The van der Waals surface area contributed by atoms with Gasteiger partial charge < -0.3 is 9.84 Å². The van der Waals surface area contributed by atoms with E-state index in [0.29, 0.717) is 0 Å². The zero-order valence-electron chi connectivity index (χ0n) is 11.2.